The quantitative estimate of drug-likeness (QED) is 0.502. The topological polar surface area (TPSA) is 92.5 Å². The molecule has 0 aliphatic carbocycles. The maximum absolute atomic E-state index is 12.2. The van der Waals surface area contributed by atoms with Crippen LogP contribution in [0, 0.1) is 17.0 Å². The van der Waals surface area contributed by atoms with Gasteiger partial charge in [0.05, 0.1) is 16.6 Å². The molecule has 0 aliphatic rings. The van der Waals surface area contributed by atoms with Crippen molar-refractivity contribution in [2.75, 3.05) is 5.32 Å². The van der Waals surface area contributed by atoms with E-state index in [2.05, 4.69) is 21.2 Å². The van der Waals surface area contributed by atoms with Gasteiger partial charge in [-0.05, 0) is 46.6 Å². The van der Waals surface area contributed by atoms with Crippen molar-refractivity contribution in [1.82, 2.24) is 0 Å². The fourth-order valence-corrected chi connectivity index (χ4v) is 2.23. The second-order valence-electron chi connectivity index (χ2n) is 4.35. The van der Waals surface area contributed by atoms with Crippen LogP contribution in [0.25, 0.3) is 0 Å². The van der Waals surface area contributed by atoms with Gasteiger partial charge in [-0.2, -0.15) is 0 Å². The Labute approximate surface area is 128 Å². The summed E-state index contributed by atoms with van der Waals surface area (Å²) in [5.74, 6) is -0.712. The van der Waals surface area contributed by atoms with Crippen LogP contribution in [-0.4, -0.2) is 15.9 Å². The molecule has 0 radical (unpaired) electrons. The van der Waals surface area contributed by atoms with E-state index in [-0.39, 0.29) is 17.1 Å². The summed E-state index contributed by atoms with van der Waals surface area (Å²) in [5.41, 5.74) is 0.906. The lowest BCUT2D eigenvalue weighted by Gasteiger charge is -2.09. The second kappa shape index (κ2) is 5.92. The molecular formula is C14H11BrN2O4. The number of nitrogens with zero attached hydrogens (tertiary/aromatic N) is 1. The highest BCUT2D eigenvalue weighted by atomic mass is 79.9. The third-order valence-corrected chi connectivity index (χ3v) is 3.92. The van der Waals surface area contributed by atoms with E-state index in [9.17, 15) is 20.0 Å². The Balaban J connectivity index is 2.36. The van der Waals surface area contributed by atoms with E-state index in [1.807, 2.05) is 13.0 Å². The first-order valence-electron chi connectivity index (χ1n) is 5.94. The van der Waals surface area contributed by atoms with Crippen LogP contribution >= 0.6 is 15.9 Å². The van der Waals surface area contributed by atoms with Gasteiger partial charge in [-0.25, -0.2) is 0 Å². The lowest BCUT2D eigenvalue weighted by molar-refractivity contribution is -0.384. The molecule has 0 heterocycles. The summed E-state index contributed by atoms with van der Waals surface area (Å²) in [6, 6.07) is 8.71. The van der Waals surface area contributed by atoms with Crippen LogP contribution in [0.15, 0.2) is 40.9 Å². The molecule has 2 aromatic carbocycles. The molecule has 1 amide bonds. The molecule has 108 valence electrons. The number of amides is 1. The number of nitro groups is 1. The van der Waals surface area contributed by atoms with E-state index < -0.39 is 10.8 Å². The third-order valence-electron chi connectivity index (χ3n) is 2.86. The van der Waals surface area contributed by atoms with E-state index in [1.165, 1.54) is 12.1 Å². The minimum absolute atomic E-state index is 0.0243. The molecule has 0 aromatic heterocycles. The number of anilines is 1. The Kier molecular flexibility index (Phi) is 4.23. The number of hydrogen-bond donors (Lipinski definition) is 2. The molecule has 0 atom stereocenters. The summed E-state index contributed by atoms with van der Waals surface area (Å²) in [5, 5.41) is 22.7. The molecule has 7 heteroatoms. The van der Waals surface area contributed by atoms with E-state index in [0.29, 0.717) is 10.0 Å². The van der Waals surface area contributed by atoms with Crippen molar-refractivity contribution in [2.45, 2.75) is 6.92 Å². The largest absolute Gasteiger partial charge is 0.508 e. The highest BCUT2D eigenvalue weighted by Gasteiger charge is 2.19. The number of halogens is 1. The number of rotatable bonds is 3. The van der Waals surface area contributed by atoms with Gasteiger partial charge in [-0.3, -0.25) is 14.9 Å². The average Bonchev–Trinajstić information content (AvgIpc) is 2.43. The van der Waals surface area contributed by atoms with Gasteiger partial charge in [0.15, 0.2) is 0 Å². The predicted octanol–water partition coefficient (Wildman–Crippen LogP) is 3.62. The lowest BCUT2D eigenvalue weighted by atomic mass is 10.1. The molecular weight excluding hydrogens is 340 g/mol. The van der Waals surface area contributed by atoms with E-state index in [0.717, 1.165) is 11.6 Å². The minimum Gasteiger partial charge on any atom is -0.508 e. The number of carbonyl (C=O) groups is 1. The Bertz CT molecular complexity index is 731. The first-order chi connectivity index (χ1) is 9.90. The zero-order valence-corrected chi connectivity index (χ0v) is 12.5. The Morgan fingerprint density at radius 2 is 2.05 bits per heavy atom. The number of nitro benzene ring substituents is 1. The number of phenolic OH excluding ortho intramolecular Hbond substituents is 1. The van der Waals surface area contributed by atoms with E-state index in [4.69, 9.17) is 0 Å². The van der Waals surface area contributed by atoms with Crippen LogP contribution in [0.3, 0.4) is 0 Å². The van der Waals surface area contributed by atoms with Gasteiger partial charge in [0, 0.05) is 4.47 Å². The average molecular weight is 351 g/mol. The van der Waals surface area contributed by atoms with Crippen LogP contribution in [-0.2, 0) is 0 Å². The molecule has 2 N–H and O–H groups in total. The predicted molar refractivity (Wildman–Crippen MR) is 81.6 cm³/mol. The van der Waals surface area contributed by atoms with Gasteiger partial charge in [0.2, 0.25) is 0 Å². The summed E-state index contributed by atoms with van der Waals surface area (Å²) >= 11 is 3.32. The van der Waals surface area contributed by atoms with Crippen molar-refractivity contribution in [3.63, 3.8) is 0 Å². The highest BCUT2D eigenvalue weighted by molar-refractivity contribution is 9.10. The van der Waals surface area contributed by atoms with Crippen LogP contribution in [0.2, 0.25) is 0 Å². The van der Waals surface area contributed by atoms with Gasteiger partial charge >= 0.3 is 0 Å². The molecule has 6 nitrogen and oxygen atoms in total. The molecule has 0 unspecified atom stereocenters. The van der Waals surface area contributed by atoms with Crippen molar-refractivity contribution >= 4 is 33.2 Å². The fourth-order valence-electron chi connectivity index (χ4n) is 1.79. The van der Waals surface area contributed by atoms with Crippen molar-refractivity contribution < 1.29 is 14.8 Å². The van der Waals surface area contributed by atoms with Gasteiger partial charge in [-0.15, -0.1) is 0 Å². The molecule has 0 saturated carbocycles. The summed E-state index contributed by atoms with van der Waals surface area (Å²) in [6.07, 6.45) is 0. The SMILES string of the molecule is Cc1cccc(C(=O)Nc2ccc(O)cc2[N+](=O)[O-])c1Br. The molecule has 0 saturated heterocycles. The highest BCUT2D eigenvalue weighted by Crippen LogP contribution is 2.29. The first kappa shape index (κ1) is 15.0. The number of benzene rings is 2. The monoisotopic (exact) mass is 350 g/mol. The van der Waals surface area contributed by atoms with Crippen molar-refractivity contribution in [1.29, 1.82) is 0 Å². The standard InChI is InChI=1S/C14H11BrN2O4/c1-8-3-2-4-10(13(8)15)14(19)16-11-6-5-9(18)7-12(11)17(20)21/h2-7,18H,1H3,(H,16,19). The third kappa shape index (κ3) is 3.19. The second-order valence-corrected chi connectivity index (χ2v) is 5.14. The van der Waals surface area contributed by atoms with Crippen molar-refractivity contribution in [3.05, 3.63) is 62.1 Å². The molecule has 2 aromatic rings. The van der Waals surface area contributed by atoms with Crippen molar-refractivity contribution in [2.24, 2.45) is 0 Å². The van der Waals surface area contributed by atoms with E-state index in [1.54, 1.807) is 12.1 Å². The maximum atomic E-state index is 12.2. The van der Waals surface area contributed by atoms with Crippen LogP contribution in [0.5, 0.6) is 5.75 Å². The summed E-state index contributed by atoms with van der Waals surface area (Å²) in [4.78, 5) is 22.5. The van der Waals surface area contributed by atoms with Crippen molar-refractivity contribution in [3.8, 4) is 5.75 Å². The zero-order valence-electron chi connectivity index (χ0n) is 11.0. The Morgan fingerprint density at radius 1 is 1.33 bits per heavy atom. The summed E-state index contributed by atoms with van der Waals surface area (Å²) in [7, 11) is 0. The van der Waals surface area contributed by atoms with Crippen LogP contribution in [0.1, 0.15) is 15.9 Å². The summed E-state index contributed by atoms with van der Waals surface area (Å²) < 4.78 is 0.629. The number of hydrogen-bond acceptors (Lipinski definition) is 4. The molecule has 2 rings (SSSR count). The zero-order chi connectivity index (χ0) is 15.6. The molecule has 21 heavy (non-hydrogen) atoms. The smallest absolute Gasteiger partial charge is 0.296 e. The van der Waals surface area contributed by atoms with Crippen LogP contribution < -0.4 is 5.32 Å². The van der Waals surface area contributed by atoms with E-state index >= 15 is 0 Å². The van der Waals surface area contributed by atoms with Gasteiger partial charge in [-0.1, -0.05) is 12.1 Å². The number of phenols is 1. The van der Waals surface area contributed by atoms with Gasteiger partial charge in [0.1, 0.15) is 11.4 Å². The van der Waals surface area contributed by atoms with Gasteiger partial charge in [0.25, 0.3) is 11.6 Å². The summed E-state index contributed by atoms with van der Waals surface area (Å²) in [6.45, 7) is 1.84. The first-order valence-corrected chi connectivity index (χ1v) is 6.73. The molecule has 0 spiro atoms. The maximum Gasteiger partial charge on any atom is 0.296 e. The molecule has 0 aliphatic heterocycles. The normalized spacial score (nSPS) is 10.2. The Hall–Kier alpha value is -2.41. The lowest BCUT2D eigenvalue weighted by Crippen LogP contribution is -2.14. The molecule has 0 fully saturated rings. The minimum atomic E-state index is -0.666. The number of nitrogens with one attached hydrogen (secondary N) is 1. The van der Waals surface area contributed by atoms with Gasteiger partial charge < -0.3 is 10.4 Å². The number of aryl methyl sites for hydroxylation is 1. The number of carbonyl (C=O) groups excluding carboxylic acids is 1. The fraction of sp³-hybridized carbons (Fsp3) is 0.0714. The molecule has 0 bridgehead atoms. The van der Waals surface area contributed by atoms with Crippen LogP contribution in [0.4, 0.5) is 11.4 Å². The Morgan fingerprint density at radius 3 is 2.71 bits per heavy atom. The number of aromatic hydroxyl groups is 1.